The number of rotatable bonds is 7. The number of aromatic amines is 1. The van der Waals surface area contributed by atoms with Gasteiger partial charge in [-0.2, -0.15) is 0 Å². The largest absolute Gasteiger partial charge is 0.486 e. The fraction of sp³-hybridized carbons (Fsp3) is 0.407. The van der Waals surface area contributed by atoms with E-state index in [-0.39, 0.29) is 30.7 Å². The van der Waals surface area contributed by atoms with Crippen LogP contribution < -0.4 is 4.74 Å². The minimum absolute atomic E-state index is 0.0107. The number of likely N-dealkylation sites (tertiary alicyclic amines) is 1. The molecule has 176 valence electrons. The zero-order chi connectivity index (χ0) is 23.2. The second kappa shape index (κ2) is 8.57. The SMILES string of the molecule is C[C@@H]1Cc2c([nH]c3ccccc23)[C@@H](c2ncc(OC3CN(CCCF)C3)cc2F)N1C1=C=CC1. The Balaban J connectivity index is 1.32. The molecule has 1 aliphatic carbocycles. The molecule has 1 saturated heterocycles. The highest BCUT2D eigenvalue weighted by Gasteiger charge is 2.39. The van der Waals surface area contributed by atoms with Crippen molar-refractivity contribution in [3.63, 3.8) is 0 Å². The first-order chi connectivity index (χ1) is 16.6. The summed E-state index contributed by atoms with van der Waals surface area (Å²) in [5.74, 6) is 0.0649. The molecular formula is C27H28F2N4O. The molecule has 4 heterocycles. The van der Waals surface area contributed by atoms with Gasteiger partial charge in [-0.05, 0) is 37.5 Å². The zero-order valence-electron chi connectivity index (χ0n) is 19.2. The number of hydrogen-bond donors (Lipinski definition) is 1. The van der Waals surface area contributed by atoms with Crippen molar-refractivity contribution in [2.75, 3.05) is 26.3 Å². The van der Waals surface area contributed by atoms with Crippen LogP contribution in [0.1, 0.15) is 42.8 Å². The van der Waals surface area contributed by atoms with Crippen LogP contribution in [0.25, 0.3) is 10.9 Å². The molecule has 0 saturated carbocycles. The van der Waals surface area contributed by atoms with Crippen LogP contribution in [0.2, 0.25) is 0 Å². The number of para-hydroxylation sites is 1. The van der Waals surface area contributed by atoms with Gasteiger partial charge in [0.2, 0.25) is 0 Å². The summed E-state index contributed by atoms with van der Waals surface area (Å²) in [4.78, 5) is 12.6. The van der Waals surface area contributed by atoms with Crippen molar-refractivity contribution >= 4 is 10.9 Å². The van der Waals surface area contributed by atoms with Crippen LogP contribution in [-0.4, -0.2) is 58.2 Å². The van der Waals surface area contributed by atoms with Gasteiger partial charge in [0.1, 0.15) is 23.6 Å². The van der Waals surface area contributed by atoms with Gasteiger partial charge in [0.15, 0.2) is 5.82 Å². The van der Waals surface area contributed by atoms with Gasteiger partial charge >= 0.3 is 0 Å². The summed E-state index contributed by atoms with van der Waals surface area (Å²) in [6.45, 7) is 4.08. The van der Waals surface area contributed by atoms with E-state index in [0.29, 0.717) is 17.9 Å². The second-order valence-electron chi connectivity index (χ2n) is 9.51. The van der Waals surface area contributed by atoms with Crippen LogP contribution in [0.3, 0.4) is 0 Å². The predicted octanol–water partition coefficient (Wildman–Crippen LogP) is 4.90. The summed E-state index contributed by atoms with van der Waals surface area (Å²) in [5.41, 5.74) is 8.08. The van der Waals surface area contributed by atoms with Crippen LogP contribution in [0.15, 0.2) is 54.0 Å². The Bertz CT molecular complexity index is 1290. The number of nitrogens with one attached hydrogen (secondary N) is 1. The number of nitrogens with zero attached hydrogens (tertiary/aromatic N) is 3. The first-order valence-corrected chi connectivity index (χ1v) is 12.0. The summed E-state index contributed by atoms with van der Waals surface area (Å²) >= 11 is 0. The molecule has 0 bridgehead atoms. The summed E-state index contributed by atoms with van der Waals surface area (Å²) in [5, 5.41) is 1.19. The van der Waals surface area contributed by atoms with Crippen LogP contribution in [0, 0.1) is 5.82 Å². The summed E-state index contributed by atoms with van der Waals surface area (Å²) in [6, 6.07) is 9.55. The maximum atomic E-state index is 15.6. The number of benzene rings is 1. The molecule has 0 amide bonds. The summed E-state index contributed by atoms with van der Waals surface area (Å²) in [7, 11) is 0. The average molecular weight is 463 g/mol. The minimum atomic E-state index is -0.372. The Kier molecular flexibility index (Phi) is 5.39. The molecule has 2 aromatic heterocycles. The van der Waals surface area contributed by atoms with Crippen molar-refractivity contribution < 1.29 is 13.5 Å². The van der Waals surface area contributed by atoms with Crippen LogP contribution >= 0.6 is 0 Å². The Morgan fingerprint density at radius 2 is 2.09 bits per heavy atom. The lowest BCUT2D eigenvalue weighted by atomic mass is 9.88. The lowest BCUT2D eigenvalue weighted by Crippen LogP contribution is -2.53. The highest BCUT2D eigenvalue weighted by Crippen LogP contribution is 2.44. The summed E-state index contributed by atoms with van der Waals surface area (Å²) < 4.78 is 33.9. The van der Waals surface area contributed by atoms with E-state index in [1.165, 1.54) is 17.0 Å². The predicted molar refractivity (Wildman–Crippen MR) is 127 cm³/mol. The fourth-order valence-electron chi connectivity index (χ4n) is 5.48. The Morgan fingerprint density at radius 1 is 1.26 bits per heavy atom. The number of H-pyrrole nitrogens is 1. The van der Waals surface area contributed by atoms with Gasteiger partial charge in [-0.15, -0.1) is 5.73 Å². The van der Waals surface area contributed by atoms with E-state index in [4.69, 9.17) is 4.74 Å². The van der Waals surface area contributed by atoms with Crippen molar-refractivity contribution in [1.29, 1.82) is 0 Å². The second-order valence-corrected chi connectivity index (χ2v) is 9.51. The van der Waals surface area contributed by atoms with Crippen molar-refractivity contribution in [1.82, 2.24) is 19.8 Å². The maximum Gasteiger partial charge on any atom is 0.150 e. The highest BCUT2D eigenvalue weighted by atomic mass is 19.1. The van der Waals surface area contributed by atoms with E-state index in [1.54, 1.807) is 6.20 Å². The topological polar surface area (TPSA) is 44.4 Å². The Hall–Kier alpha value is -3.15. The molecule has 1 fully saturated rings. The monoisotopic (exact) mass is 462 g/mol. The number of aromatic nitrogens is 2. The van der Waals surface area contributed by atoms with Crippen molar-refractivity contribution in [3.05, 3.63) is 76.8 Å². The van der Waals surface area contributed by atoms with Gasteiger partial charge in [-0.3, -0.25) is 14.3 Å². The smallest absolute Gasteiger partial charge is 0.150 e. The molecule has 7 heteroatoms. The van der Waals surface area contributed by atoms with Gasteiger partial charge in [0.05, 0.1) is 18.6 Å². The number of ether oxygens (including phenoxy) is 1. The molecule has 6 rings (SSSR count). The fourth-order valence-corrected chi connectivity index (χ4v) is 5.48. The van der Waals surface area contributed by atoms with Crippen LogP contribution in [-0.2, 0) is 6.42 Å². The first kappa shape index (κ1) is 21.4. The molecule has 2 atom stereocenters. The quantitative estimate of drug-likeness (QED) is 0.507. The third-order valence-electron chi connectivity index (χ3n) is 7.19. The molecule has 5 nitrogen and oxygen atoms in total. The van der Waals surface area contributed by atoms with E-state index in [2.05, 4.69) is 44.6 Å². The van der Waals surface area contributed by atoms with Gasteiger partial charge in [-0.25, -0.2) is 4.39 Å². The third-order valence-corrected chi connectivity index (χ3v) is 7.19. The number of hydrogen-bond acceptors (Lipinski definition) is 4. The van der Waals surface area contributed by atoms with Crippen molar-refractivity contribution in [2.45, 2.75) is 44.4 Å². The molecule has 3 aliphatic rings. The third kappa shape index (κ3) is 3.60. The van der Waals surface area contributed by atoms with E-state index >= 15 is 4.39 Å². The van der Waals surface area contributed by atoms with Gasteiger partial charge < -0.3 is 14.6 Å². The highest BCUT2D eigenvalue weighted by molar-refractivity contribution is 5.85. The summed E-state index contributed by atoms with van der Waals surface area (Å²) in [6.07, 6.45) is 5.88. The van der Waals surface area contributed by atoms with Gasteiger partial charge in [-0.1, -0.05) is 18.2 Å². The number of fused-ring (bicyclic) bond motifs is 3. The molecule has 34 heavy (non-hydrogen) atoms. The van der Waals surface area contributed by atoms with E-state index in [0.717, 1.165) is 49.4 Å². The molecule has 0 radical (unpaired) electrons. The lowest BCUT2D eigenvalue weighted by Gasteiger charge is -2.43. The Labute approximate surface area is 197 Å². The van der Waals surface area contributed by atoms with Crippen molar-refractivity contribution in [3.8, 4) is 5.75 Å². The molecule has 0 spiro atoms. The maximum absolute atomic E-state index is 15.6. The Morgan fingerprint density at radius 3 is 2.82 bits per heavy atom. The van der Waals surface area contributed by atoms with E-state index in [1.807, 2.05) is 18.2 Å². The van der Waals surface area contributed by atoms with Gasteiger partial charge in [0.25, 0.3) is 0 Å². The average Bonchev–Trinajstić information content (AvgIpc) is 3.13. The molecule has 1 N–H and O–H groups in total. The van der Waals surface area contributed by atoms with Crippen LogP contribution in [0.4, 0.5) is 8.78 Å². The number of pyridine rings is 1. The van der Waals surface area contributed by atoms with Gasteiger partial charge in [0, 0.05) is 54.8 Å². The molecule has 2 aliphatic heterocycles. The van der Waals surface area contributed by atoms with Crippen LogP contribution in [0.5, 0.6) is 5.75 Å². The molecule has 1 aromatic carbocycles. The number of alkyl halides is 1. The molecule has 3 aromatic rings. The molecule has 0 unspecified atom stereocenters. The van der Waals surface area contributed by atoms with E-state index < -0.39 is 0 Å². The molecular weight excluding hydrogens is 434 g/mol. The lowest BCUT2D eigenvalue weighted by molar-refractivity contribution is 0.0180. The zero-order valence-corrected chi connectivity index (χ0v) is 19.2. The van der Waals surface area contributed by atoms with E-state index in [9.17, 15) is 4.39 Å². The first-order valence-electron chi connectivity index (χ1n) is 12.0. The van der Waals surface area contributed by atoms with Crippen molar-refractivity contribution in [2.24, 2.45) is 0 Å². The normalized spacial score (nSPS) is 22.3. The standard InChI is InChI=1S/C27H28F2N4O/c1-17-12-22-21-8-2-3-9-24(21)31-25(22)27(33(17)18-6-4-7-18)26-23(29)13-19(14-30-26)34-20-15-32(16-20)11-5-10-28/h2-4,8-9,13-14,17,20,27,31H,5-6,10-12,15-16H2,1H3/t17-,27+/m1/s1. The number of halogens is 2. The minimum Gasteiger partial charge on any atom is -0.486 e.